The molecular weight excluding hydrogens is 214 g/mol. The fraction of sp³-hybridized carbons (Fsp3) is 0.889. The average Bonchev–Trinajstić information content (AvgIpc) is 2.61. The predicted molar refractivity (Wildman–Crippen MR) is 61.1 cm³/mol. The van der Waals surface area contributed by atoms with E-state index in [2.05, 4.69) is 5.32 Å². The van der Waals surface area contributed by atoms with Gasteiger partial charge in [-0.05, 0) is 12.5 Å². The van der Waals surface area contributed by atoms with Crippen LogP contribution in [0.25, 0.3) is 0 Å². The summed E-state index contributed by atoms with van der Waals surface area (Å²) in [7, 11) is -0.863. The van der Waals surface area contributed by atoms with Crippen LogP contribution in [-0.4, -0.2) is 52.8 Å². The van der Waals surface area contributed by atoms with Crippen molar-refractivity contribution in [3.05, 3.63) is 0 Å². The summed E-state index contributed by atoms with van der Waals surface area (Å²) in [6, 6.07) is -0.0427. The molecule has 0 aromatic carbocycles. The second kappa shape index (κ2) is 6.07. The molecule has 0 aliphatic carbocycles. The number of nitrogens with two attached hydrogens (primary N) is 1. The molecule has 1 saturated heterocycles. The van der Waals surface area contributed by atoms with E-state index in [1.54, 1.807) is 4.90 Å². The van der Waals surface area contributed by atoms with Gasteiger partial charge in [-0.25, -0.2) is 4.79 Å². The molecular formula is C9H19N3O2S. The molecule has 2 atom stereocenters. The number of rotatable bonds is 6. The Hall–Kier alpha value is -0.620. The zero-order valence-corrected chi connectivity index (χ0v) is 9.89. The van der Waals surface area contributed by atoms with E-state index < -0.39 is 10.8 Å². The van der Waals surface area contributed by atoms with Gasteiger partial charge in [0.15, 0.2) is 0 Å². The SMILES string of the molecule is CC(CN)CS(=O)CCN1CCNC1=O. The zero-order valence-electron chi connectivity index (χ0n) is 9.07. The van der Waals surface area contributed by atoms with Gasteiger partial charge in [-0.2, -0.15) is 0 Å². The maximum Gasteiger partial charge on any atom is 0.317 e. The van der Waals surface area contributed by atoms with E-state index in [4.69, 9.17) is 5.73 Å². The highest BCUT2D eigenvalue weighted by Gasteiger charge is 2.19. The van der Waals surface area contributed by atoms with Crippen LogP contribution in [0.2, 0.25) is 0 Å². The number of carbonyl (C=O) groups excluding carboxylic acids is 1. The first-order valence-electron chi connectivity index (χ1n) is 5.21. The summed E-state index contributed by atoms with van der Waals surface area (Å²) in [5.41, 5.74) is 5.45. The van der Waals surface area contributed by atoms with Gasteiger partial charge in [0.1, 0.15) is 0 Å². The van der Waals surface area contributed by atoms with Gasteiger partial charge in [-0.3, -0.25) is 4.21 Å². The number of urea groups is 1. The maximum atomic E-state index is 11.6. The molecule has 0 bridgehead atoms. The first kappa shape index (κ1) is 12.4. The summed E-state index contributed by atoms with van der Waals surface area (Å²) in [6.45, 7) is 4.55. The number of hydrogen-bond acceptors (Lipinski definition) is 3. The highest BCUT2D eigenvalue weighted by Crippen LogP contribution is 2.00. The van der Waals surface area contributed by atoms with Crippen molar-refractivity contribution in [2.45, 2.75) is 6.92 Å². The predicted octanol–water partition coefficient (Wildman–Crippen LogP) is -0.645. The summed E-state index contributed by atoms with van der Waals surface area (Å²) >= 11 is 0. The van der Waals surface area contributed by atoms with Crippen LogP contribution in [-0.2, 0) is 10.8 Å². The normalized spacial score (nSPS) is 20.1. The van der Waals surface area contributed by atoms with Crippen LogP contribution in [0.5, 0.6) is 0 Å². The summed E-state index contributed by atoms with van der Waals surface area (Å²) in [4.78, 5) is 12.9. The number of hydrogen-bond donors (Lipinski definition) is 2. The Balaban J connectivity index is 2.19. The summed E-state index contributed by atoms with van der Waals surface area (Å²) in [5.74, 6) is 1.47. The molecule has 0 aromatic rings. The van der Waals surface area contributed by atoms with Crippen LogP contribution >= 0.6 is 0 Å². The lowest BCUT2D eigenvalue weighted by atomic mass is 10.2. The number of carbonyl (C=O) groups is 1. The topological polar surface area (TPSA) is 75.4 Å². The Morgan fingerprint density at radius 3 is 2.93 bits per heavy atom. The van der Waals surface area contributed by atoms with Crippen LogP contribution in [0.15, 0.2) is 0 Å². The average molecular weight is 233 g/mol. The number of nitrogens with one attached hydrogen (secondary N) is 1. The number of nitrogens with zero attached hydrogens (tertiary/aromatic N) is 1. The van der Waals surface area contributed by atoms with Crippen molar-refractivity contribution in [1.29, 1.82) is 0 Å². The van der Waals surface area contributed by atoms with Crippen LogP contribution in [0.3, 0.4) is 0 Å². The standard InChI is InChI=1S/C9H19N3O2S/c1-8(6-10)7-15(14)5-4-12-3-2-11-9(12)13/h8H,2-7,10H2,1H3,(H,11,13). The summed E-state index contributed by atoms with van der Waals surface area (Å²) in [5, 5.41) is 2.71. The van der Waals surface area contributed by atoms with Gasteiger partial charge in [0, 0.05) is 41.9 Å². The summed E-state index contributed by atoms with van der Waals surface area (Å²) in [6.07, 6.45) is 0. The van der Waals surface area contributed by atoms with Crippen molar-refractivity contribution in [2.75, 3.05) is 37.7 Å². The molecule has 0 aromatic heterocycles. The van der Waals surface area contributed by atoms with Crippen molar-refractivity contribution in [3.8, 4) is 0 Å². The van der Waals surface area contributed by atoms with Gasteiger partial charge in [0.2, 0.25) is 0 Å². The van der Waals surface area contributed by atoms with E-state index in [-0.39, 0.29) is 6.03 Å². The fourth-order valence-corrected chi connectivity index (χ4v) is 2.77. The van der Waals surface area contributed by atoms with E-state index in [1.165, 1.54) is 0 Å². The molecule has 1 fully saturated rings. The second-order valence-electron chi connectivity index (χ2n) is 3.87. The third kappa shape index (κ3) is 4.17. The lowest BCUT2D eigenvalue weighted by Gasteiger charge is -2.14. The summed E-state index contributed by atoms with van der Waals surface area (Å²) < 4.78 is 11.6. The van der Waals surface area contributed by atoms with Crippen molar-refractivity contribution in [1.82, 2.24) is 10.2 Å². The Morgan fingerprint density at radius 1 is 1.67 bits per heavy atom. The third-order valence-corrected chi connectivity index (χ3v) is 3.99. The minimum Gasteiger partial charge on any atom is -0.336 e. The molecule has 6 heteroatoms. The zero-order chi connectivity index (χ0) is 11.3. The van der Waals surface area contributed by atoms with Crippen LogP contribution in [0.4, 0.5) is 4.79 Å². The van der Waals surface area contributed by atoms with Crippen LogP contribution in [0, 0.1) is 5.92 Å². The molecule has 2 unspecified atom stereocenters. The van der Waals surface area contributed by atoms with Crippen LogP contribution < -0.4 is 11.1 Å². The van der Waals surface area contributed by atoms with Crippen molar-refractivity contribution < 1.29 is 9.00 Å². The second-order valence-corrected chi connectivity index (χ2v) is 5.49. The monoisotopic (exact) mass is 233 g/mol. The largest absolute Gasteiger partial charge is 0.336 e. The smallest absolute Gasteiger partial charge is 0.317 e. The Kier molecular flexibility index (Phi) is 5.04. The minimum absolute atomic E-state index is 0.0427. The molecule has 5 nitrogen and oxygen atoms in total. The van der Waals surface area contributed by atoms with E-state index in [9.17, 15) is 9.00 Å². The molecule has 0 saturated carbocycles. The Morgan fingerprint density at radius 2 is 2.40 bits per heavy atom. The number of amides is 2. The van der Waals surface area contributed by atoms with Gasteiger partial charge in [0.25, 0.3) is 0 Å². The van der Waals surface area contributed by atoms with Crippen molar-refractivity contribution in [3.63, 3.8) is 0 Å². The lowest BCUT2D eigenvalue weighted by molar-refractivity contribution is 0.220. The quantitative estimate of drug-likeness (QED) is 0.640. The molecule has 88 valence electrons. The van der Waals surface area contributed by atoms with E-state index in [0.717, 1.165) is 6.54 Å². The first-order chi connectivity index (χ1) is 7.13. The molecule has 0 radical (unpaired) electrons. The molecule has 3 N–H and O–H groups in total. The molecule has 1 rings (SSSR count). The maximum absolute atomic E-state index is 11.6. The van der Waals surface area contributed by atoms with E-state index >= 15 is 0 Å². The third-order valence-electron chi connectivity index (χ3n) is 2.41. The molecule has 1 aliphatic heterocycles. The molecule has 15 heavy (non-hydrogen) atoms. The molecule has 0 spiro atoms. The first-order valence-corrected chi connectivity index (χ1v) is 6.70. The molecule has 2 amide bonds. The van der Waals surface area contributed by atoms with Crippen LogP contribution in [0.1, 0.15) is 6.92 Å². The van der Waals surface area contributed by atoms with Gasteiger partial charge in [-0.1, -0.05) is 6.92 Å². The van der Waals surface area contributed by atoms with Gasteiger partial charge in [-0.15, -0.1) is 0 Å². The van der Waals surface area contributed by atoms with E-state index in [1.807, 2.05) is 6.92 Å². The van der Waals surface area contributed by atoms with E-state index in [0.29, 0.717) is 37.1 Å². The minimum atomic E-state index is -0.863. The van der Waals surface area contributed by atoms with Crippen molar-refractivity contribution >= 4 is 16.8 Å². The Bertz CT molecular complexity index is 248. The fourth-order valence-electron chi connectivity index (χ4n) is 1.41. The van der Waals surface area contributed by atoms with Crippen molar-refractivity contribution in [2.24, 2.45) is 11.7 Å². The highest BCUT2D eigenvalue weighted by atomic mass is 32.2. The van der Waals surface area contributed by atoms with Gasteiger partial charge >= 0.3 is 6.03 Å². The Labute approximate surface area is 92.8 Å². The molecule has 1 heterocycles. The van der Waals surface area contributed by atoms with Gasteiger partial charge in [0.05, 0.1) is 0 Å². The highest BCUT2D eigenvalue weighted by molar-refractivity contribution is 7.85. The van der Waals surface area contributed by atoms with Gasteiger partial charge < -0.3 is 16.0 Å². The molecule has 1 aliphatic rings. The lowest BCUT2D eigenvalue weighted by Crippen LogP contribution is -2.32.